The molecule has 0 aromatic heterocycles. The maximum absolute atomic E-state index is 3.38. The van der Waals surface area contributed by atoms with Crippen molar-refractivity contribution < 1.29 is 0 Å². The van der Waals surface area contributed by atoms with Crippen molar-refractivity contribution >= 4 is 0 Å². The van der Waals surface area contributed by atoms with Gasteiger partial charge in [-0.1, -0.05) is 47.0 Å². The summed E-state index contributed by atoms with van der Waals surface area (Å²) in [5.41, 5.74) is 0. The number of likely N-dealkylation sites (tertiary alicyclic amines) is 1. The quantitative estimate of drug-likeness (QED) is 0.490. The van der Waals surface area contributed by atoms with Crippen LogP contribution < -0.4 is 5.32 Å². The fraction of sp³-hybridized carbons (Fsp3) is 1.00. The molecule has 1 aliphatic heterocycles. The van der Waals surface area contributed by atoms with E-state index in [-0.39, 0.29) is 0 Å². The first kappa shape index (κ1) is 28.1. The number of nitrogens with one attached hydrogen (secondary N) is 1. The Balaban J connectivity index is 0. The van der Waals surface area contributed by atoms with Crippen molar-refractivity contribution in [3.05, 3.63) is 0 Å². The summed E-state index contributed by atoms with van der Waals surface area (Å²) >= 11 is 0. The molecule has 1 fully saturated rings. The molecule has 0 amide bonds. The Bertz CT molecular complexity index is 258. The van der Waals surface area contributed by atoms with Gasteiger partial charge in [-0.25, -0.2) is 0 Å². The van der Waals surface area contributed by atoms with Gasteiger partial charge < -0.3 is 15.1 Å². The van der Waals surface area contributed by atoms with E-state index < -0.39 is 0 Å². The maximum atomic E-state index is 3.38. The average molecular weight is 372 g/mol. The molecule has 0 bridgehead atoms. The third-order valence-electron chi connectivity index (χ3n) is 4.95. The third-order valence-corrected chi connectivity index (χ3v) is 4.95. The second-order valence-corrected chi connectivity index (χ2v) is 8.58. The highest BCUT2D eigenvalue weighted by Crippen LogP contribution is 2.09. The molecule has 3 nitrogen and oxygen atoms in total. The lowest BCUT2D eigenvalue weighted by molar-refractivity contribution is 0.270. The molecule has 1 saturated heterocycles. The lowest BCUT2D eigenvalue weighted by atomic mass is 10.2. The molecule has 160 valence electrons. The van der Waals surface area contributed by atoms with Gasteiger partial charge in [-0.15, -0.1) is 0 Å². The van der Waals surface area contributed by atoms with E-state index in [9.17, 15) is 0 Å². The molecular weight excluding hydrogens is 318 g/mol. The van der Waals surface area contributed by atoms with Crippen LogP contribution in [0.4, 0.5) is 0 Å². The van der Waals surface area contributed by atoms with Gasteiger partial charge in [-0.2, -0.15) is 0 Å². The van der Waals surface area contributed by atoms with Crippen LogP contribution in [-0.4, -0.2) is 61.2 Å². The summed E-state index contributed by atoms with van der Waals surface area (Å²) in [5.74, 6) is 0. The van der Waals surface area contributed by atoms with Crippen molar-refractivity contribution in [3.63, 3.8) is 0 Å². The summed E-state index contributed by atoms with van der Waals surface area (Å²) < 4.78 is 0. The molecule has 0 radical (unpaired) electrons. The predicted octanol–water partition coefficient (Wildman–Crippen LogP) is 5.79. The Morgan fingerprint density at radius 3 is 1.73 bits per heavy atom. The van der Waals surface area contributed by atoms with Gasteiger partial charge in [0, 0.05) is 18.1 Å². The van der Waals surface area contributed by atoms with Gasteiger partial charge in [0.15, 0.2) is 0 Å². The molecule has 1 aliphatic rings. The molecule has 0 saturated carbocycles. The first-order chi connectivity index (χ1) is 12.3. The minimum atomic E-state index is 0.654. The van der Waals surface area contributed by atoms with Crippen molar-refractivity contribution in [2.45, 2.75) is 118 Å². The first-order valence-corrected chi connectivity index (χ1v) is 11.4. The Labute approximate surface area is 167 Å². The number of hydrogen-bond donors (Lipinski definition) is 1. The summed E-state index contributed by atoms with van der Waals surface area (Å²) in [7, 11) is 2.18. The smallest absolute Gasteiger partial charge is 0.00385 e. The standard InChI is InChI=1S/2C8H19N.C7H15N/c1-5-6-7-9(4)8(2)3;1-4-5-6-7-9-8(2)3;1-7(2)8-5-3-4-6-8/h8H,5-7H2,1-4H3;8-9H,4-7H2,1-3H3;7H,3-6H2,1-2H3. The van der Waals surface area contributed by atoms with Crippen molar-refractivity contribution in [1.29, 1.82) is 0 Å². The normalized spacial score (nSPS) is 14.7. The number of rotatable bonds is 10. The van der Waals surface area contributed by atoms with Gasteiger partial charge in [-0.05, 0) is 86.6 Å². The highest BCUT2D eigenvalue weighted by Gasteiger charge is 2.13. The van der Waals surface area contributed by atoms with Crippen LogP contribution in [-0.2, 0) is 0 Å². The molecule has 1 N–H and O–H groups in total. The van der Waals surface area contributed by atoms with Crippen molar-refractivity contribution in [2.24, 2.45) is 0 Å². The van der Waals surface area contributed by atoms with Crippen LogP contribution in [0.3, 0.4) is 0 Å². The van der Waals surface area contributed by atoms with Crippen LogP contribution in [0.5, 0.6) is 0 Å². The molecule has 1 rings (SSSR count). The van der Waals surface area contributed by atoms with Crippen LogP contribution >= 0.6 is 0 Å². The Morgan fingerprint density at radius 1 is 0.846 bits per heavy atom. The molecule has 26 heavy (non-hydrogen) atoms. The van der Waals surface area contributed by atoms with E-state index in [4.69, 9.17) is 0 Å². The molecule has 0 aliphatic carbocycles. The zero-order valence-corrected chi connectivity index (χ0v) is 19.9. The van der Waals surface area contributed by atoms with Crippen LogP contribution in [0.2, 0.25) is 0 Å². The molecule has 0 aromatic carbocycles. The zero-order valence-electron chi connectivity index (χ0n) is 19.9. The SMILES string of the molecule is CC(C)N1CCCC1.CCCCCNC(C)C.CCCCN(C)C(C)C. The van der Waals surface area contributed by atoms with Crippen molar-refractivity contribution in [2.75, 3.05) is 33.2 Å². The van der Waals surface area contributed by atoms with Gasteiger partial charge in [0.2, 0.25) is 0 Å². The molecule has 0 atom stereocenters. The third kappa shape index (κ3) is 20.2. The lowest BCUT2D eigenvalue weighted by Gasteiger charge is -2.19. The number of nitrogens with zero attached hydrogens (tertiary/aromatic N) is 2. The molecular formula is C23H53N3. The van der Waals surface area contributed by atoms with Crippen LogP contribution in [0.15, 0.2) is 0 Å². The van der Waals surface area contributed by atoms with Crippen molar-refractivity contribution in [3.8, 4) is 0 Å². The van der Waals surface area contributed by atoms with Gasteiger partial charge in [0.25, 0.3) is 0 Å². The topological polar surface area (TPSA) is 18.5 Å². The second-order valence-electron chi connectivity index (χ2n) is 8.58. The fourth-order valence-electron chi connectivity index (χ4n) is 2.69. The Morgan fingerprint density at radius 2 is 1.38 bits per heavy atom. The van der Waals surface area contributed by atoms with Gasteiger partial charge >= 0.3 is 0 Å². The summed E-state index contributed by atoms with van der Waals surface area (Å²) in [6.07, 6.45) is 9.47. The van der Waals surface area contributed by atoms with Gasteiger partial charge in [0.05, 0.1) is 0 Å². The predicted molar refractivity (Wildman–Crippen MR) is 121 cm³/mol. The minimum Gasteiger partial charge on any atom is -0.315 e. The molecule has 1 heterocycles. The van der Waals surface area contributed by atoms with Crippen LogP contribution in [0.1, 0.15) is 100 Å². The lowest BCUT2D eigenvalue weighted by Crippen LogP contribution is -2.26. The monoisotopic (exact) mass is 371 g/mol. The molecule has 0 unspecified atom stereocenters. The maximum Gasteiger partial charge on any atom is 0.00385 e. The molecule has 0 spiro atoms. The summed E-state index contributed by atoms with van der Waals surface area (Å²) in [6, 6.07) is 2.14. The second kappa shape index (κ2) is 19.6. The van der Waals surface area contributed by atoms with E-state index >= 15 is 0 Å². The zero-order chi connectivity index (χ0) is 20.4. The average Bonchev–Trinajstić information content (AvgIpc) is 3.12. The number of unbranched alkanes of at least 4 members (excludes halogenated alkanes) is 3. The number of hydrogen-bond acceptors (Lipinski definition) is 3. The largest absolute Gasteiger partial charge is 0.315 e. The van der Waals surface area contributed by atoms with E-state index in [1.54, 1.807) is 0 Å². The van der Waals surface area contributed by atoms with Crippen molar-refractivity contribution in [1.82, 2.24) is 15.1 Å². The highest BCUT2D eigenvalue weighted by atomic mass is 15.2. The van der Waals surface area contributed by atoms with E-state index in [1.165, 1.54) is 71.1 Å². The highest BCUT2D eigenvalue weighted by molar-refractivity contribution is 4.68. The summed E-state index contributed by atoms with van der Waals surface area (Å²) in [4.78, 5) is 4.91. The molecule has 3 heteroatoms. The molecule has 0 aromatic rings. The van der Waals surface area contributed by atoms with E-state index in [0.29, 0.717) is 12.1 Å². The van der Waals surface area contributed by atoms with E-state index in [1.807, 2.05) is 0 Å². The van der Waals surface area contributed by atoms with Gasteiger partial charge in [-0.3, -0.25) is 0 Å². The summed E-state index contributed by atoms with van der Waals surface area (Å²) in [5, 5.41) is 3.38. The van der Waals surface area contributed by atoms with E-state index in [0.717, 1.165) is 6.04 Å². The first-order valence-electron chi connectivity index (χ1n) is 11.4. The minimum absolute atomic E-state index is 0.654. The Kier molecular flexibility index (Phi) is 21.2. The van der Waals surface area contributed by atoms with E-state index in [2.05, 4.69) is 77.6 Å². The summed E-state index contributed by atoms with van der Waals surface area (Å²) in [6.45, 7) is 22.9. The van der Waals surface area contributed by atoms with Gasteiger partial charge in [0.1, 0.15) is 0 Å². The van der Waals surface area contributed by atoms with Crippen LogP contribution in [0.25, 0.3) is 0 Å². The Hall–Kier alpha value is -0.120. The van der Waals surface area contributed by atoms with Crippen LogP contribution in [0, 0.1) is 0 Å². The fourth-order valence-corrected chi connectivity index (χ4v) is 2.69.